The number of nitrogens with zero attached hydrogens (tertiary/aromatic N) is 2. The average Bonchev–Trinajstić information content (AvgIpc) is 2.93. The number of alkyl halides is 3. The van der Waals surface area contributed by atoms with E-state index in [1.807, 2.05) is 18.2 Å². The standard InChI is InChI=1S/C31H37F3IN3O2/c1-30(24-4-2-3-21(17-24)20-36)12-7-22(8-13-30)23(9-14-38-15-10-26(39)11-16-38)18-29(40)37-25-5-6-28(35)27(19-25)31(32,33)34/h2-6,17,19,22-23,26,39H,7-16,18H2,1H3,(H,37,40). The number of rotatable bonds is 8. The van der Waals surface area contributed by atoms with Gasteiger partial charge in [-0.05, 0) is 127 Å². The van der Waals surface area contributed by atoms with E-state index in [4.69, 9.17) is 0 Å². The SMILES string of the molecule is CC1(c2cccc(C#N)c2)CCC(C(CCN2CCC(O)CC2)CC(=O)Nc2ccc(I)c(C(F)(F)F)c2)CC1. The number of likely N-dealkylation sites (tertiary alicyclic amines) is 1. The Balaban J connectivity index is 1.44. The van der Waals surface area contributed by atoms with E-state index < -0.39 is 11.7 Å². The van der Waals surface area contributed by atoms with Crippen LogP contribution in [0, 0.1) is 26.7 Å². The van der Waals surface area contributed by atoms with E-state index in [9.17, 15) is 28.3 Å². The first kappa shape index (κ1) is 30.8. The van der Waals surface area contributed by atoms with Crippen molar-refractivity contribution >= 4 is 34.2 Å². The van der Waals surface area contributed by atoms with E-state index in [1.54, 1.807) is 22.6 Å². The Hall–Kier alpha value is -2.16. The summed E-state index contributed by atoms with van der Waals surface area (Å²) in [6, 6.07) is 14.0. The molecule has 1 saturated carbocycles. The van der Waals surface area contributed by atoms with Crippen molar-refractivity contribution in [1.29, 1.82) is 5.26 Å². The lowest BCUT2D eigenvalue weighted by atomic mass is 9.64. The van der Waals surface area contributed by atoms with Gasteiger partial charge in [0.25, 0.3) is 0 Å². The zero-order chi connectivity index (χ0) is 28.9. The summed E-state index contributed by atoms with van der Waals surface area (Å²) in [7, 11) is 0. The minimum Gasteiger partial charge on any atom is -0.393 e. The molecule has 1 heterocycles. The van der Waals surface area contributed by atoms with Crippen LogP contribution in [0.1, 0.15) is 75.0 Å². The topological polar surface area (TPSA) is 76.4 Å². The molecular formula is C31H37F3IN3O2. The molecule has 2 N–H and O–H groups in total. The number of piperidine rings is 1. The molecule has 1 unspecified atom stereocenters. The molecule has 0 radical (unpaired) electrons. The molecule has 9 heteroatoms. The van der Waals surface area contributed by atoms with Crippen LogP contribution in [-0.2, 0) is 16.4 Å². The molecule has 1 saturated heterocycles. The van der Waals surface area contributed by atoms with Crippen molar-refractivity contribution in [2.75, 3.05) is 25.0 Å². The molecule has 216 valence electrons. The number of hydrogen-bond acceptors (Lipinski definition) is 4. The predicted molar refractivity (Wildman–Crippen MR) is 158 cm³/mol. The molecule has 2 aromatic rings. The van der Waals surface area contributed by atoms with Gasteiger partial charge < -0.3 is 15.3 Å². The third kappa shape index (κ3) is 7.98. The fourth-order valence-corrected chi connectivity index (χ4v) is 6.91. The maximum atomic E-state index is 13.4. The number of nitriles is 1. The summed E-state index contributed by atoms with van der Waals surface area (Å²) in [5, 5.41) is 21.9. The van der Waals surface area contributed by atoms with Crippen molar-refractivity contribution in [2.24, 2.45) is 11.8 Å². The van der Waals surface area contributed by atoms with Crippen molar-refractivity contribution in [3.8, 4) is 6.07 Å². The van der Waals surface area contributed by atoms with Crippen LogP contribution in [0.3, 0.4) is 0 Å². The number of amides is 1. The van der Waals surface area contributed by atoms with Gasteiger partial charge >= 0.3 is 6.18 Å². The van der Waals surface area contributed by atoms with E-state index in [2.05, 4.69) is 29.3 Å². The van der Waals surface area contributed by atoms with Gasteiger partial charge in [0.05, 0.1) is 23.3 Å². The van der Waals surface area contributed by atoms with Crippen molar-refractivity contribution < 1.29 is 23.1 Å². The van der Waals surface area contributed by atoms with E-state index in [0.717, 1.165) is 70.6 Å². The van der Waals surface area contributed by atoms with Crippen LogP contribution in [0.5, 0.6) is 0 Å². The highest BCUT2D eigenvalue weighted by Crippen LogP contribution is 2.45. The van der Waals surface area contributed by atoms with Crippen LogP contribution in [0.25, 0.3) is 0 Å². The lowest BCUT2D eigenvalue weighted by Gasteiger charge is -2.41. The number of carbonyl (C=O) groups is 1. The second-order valence-corrected chi connectivity index (χ2v) is 12.8. The summed E-state index contributed by atoms with van der Waals surface area (Å²) >= 11 is 1.66. The Morgan fingerprint density at radius 2 is 1.88 bits per heavy atom. The first-order valence-corrected chi connectivity index (χ1v) is 15.1. The lowest BCUT2D eigenvalue weighted by Crippen LogP contribution is -2.38. The fraction of sp³-hybridized carbons (Fsp3) is 0.548. The van der Waals surface area contributed by atoms with Crippen LogP contribution in [-0.4, -0.2) is 41.7 Å². The number of aliphatic hydroxyl groups excluding tert-OH is 1. The van der Waals surface area contributed by atoms with Crippen molar-refractivity contribution in [2.45, 2.75) is 76.0 Å². The molecular weight excluding hydrogens is 630 g/mol. The first-order chi connectivity index (χ1) is 19.0. The quantitative estimate of drug-likeness (QED) is 0.294. The van der Waals surface area contributed by atoms with Crippen LogP contribution in [0.15, 0.2) is 42.5 Å². The molecule has 2 fully saturated rings. The molecule has 0 bridgehead atoms. The molecule has 1 aliphatic heterocycles. The smallest absolute Gasteiger partial charge is 0.393 e. The fourth-order valence-electron chi connectivity index (χ4n) is 6.27. The lowest BCUT2D eigenvalue weighted by molar-refractivity contribution is -0.138. The summed E-state index contributed by atoms with van der Waals surface area (Å²) in [4.78, 5) is 15.5. The highest BCUT2D eigenvalue weighted by molar-refractivity contribution is 14.1. The number of nitrogens with one attached hydrogen (secondary N) is 1. The highest BCUT2D eigenvalue weighted by Gasteiger charge is 2.37. The maximum absolute atomic E-state index is 13.4. The number of carbonyl (C=O) groups excluding carboxylic acids is 1. The molecule has 2 aliphatic rings. The summed E-state index contributed by atoms with van der Waals surface area (Å²) in [5.41, 5.74) is 1.21. The van der Waals surface area contributed by atoms with Crippen molar-refractivity contribution in [3.63, 3.8) is 0 Å². The number of aliphatic hydroxyl groups is 1. The summed E-state index contributed by atoms with van der Waals surface area (Å²) in [6.45, 7) is 4.75. The minimum atomic E-state index is -4.48. The number of benzene rings is 2. The summed E-state index contributed by atoms with van der Waals surface area (Å²) < 4.78 is 40.3. The number of anilines is 1. The van der Waals surface area contributed by atoms with Crippen LogP contribution in [0.4, 0.5) is 18.9 Å². The van der Waals surface area contributed by atoms with E-state index >= 15 is 0 Å². The number of halogens is 4. The predicted octanol–water partition coefficient (Wildman–Crippen LogP) is 7.12. The van der Waals surface area contributed by atoms with Crippen LogP contribution >= 0.6 is 22.6 Å². The average molecular weight is 668 g/mol. The van der Waals surface area contributed by atoms with Crippen LogP contribution < -0.4 is 5.32 Å². The van der Waals surface area contributed by atoms with E-state index in [0.29, 0.717) is 11.5 Å². The normalized spacial score (nSPS) is 23.4. The Morgan fingerprint density at radius 1 is 1.18 bits per heavy atom. The minimum absolute atomic E-state index is 0.0334. The number of hydrogen-bond donors (Lipinski definition) is 2. The molecule has 1 amide bonds. The summed E-state index contributed by atoms with van der Waals surface area (Å²) in [5.74, 6) is 0.173. The van der Waals surface area contributed by atoms with Gasteiger partial charge in [-0.3, -0.25) is 4.79 Å². The van der Waals surface area contributed by atoms with Gasteiger partial charge in [-0.2, -0.15) is 18.4 Å². The van der Waals surface area contributed by atoms with Gasteiger partial charge in [0.1, 0.15) is 0 Å². The van der Waals surface area contributed by atoms with Crippen molar-refractivity contribution in [3.05, 3.63) is 62.7 Å². The van der Waals surface area contributed by atoms with Gasteiger partial charge in [-0.15, -0.1) is 0 Å². The summed E-state index contributed by atoms with van der Waals surface area (Å²) in [6.07, 6.45) is 1.67. The monoisotopic (exact) mass is 667 g/mol. The van der Waals surface area contributed by atoms with Gasteiger partial charge in [-0.1, -0.05) is 19.1 Å². The molecule has 40 heavy (non-hydrogen) atoms. The second kappa shape index (κ2) is 13.2. The molecule has 0 spiro atoms. The van der Waals surface area contributed by atoms with E-state index in [-0.39, 0.29) is 39.0 Å². The van der Waals surface area contributed by atoms with Crippen molar-refractivity contribution in [1.82, 2.24) is 4.90 Å². The Labute approximate surface area is 248 Å². The molecule has 5 nitrogen and oxygen atoms in total. The third-order valence-electron chi connectivity index (χ3n) is 8.87. The molecule has 2 aromatic carbocycles. The molecule has 0 aromatic heterocycles. The molecule has 1 atom stereocenters. The van der Waals surface area contributed by atoms with Gasteiger partial charge in [0.15, 0.2) is 0 Å². The largest absolute Gasteiger partial charge is 0.417 e. The molecule has 4 rings (SSSR count). The zero-order valence-corrected chi connectivity index (χ0v) is 25.0. The Kier molecular flexibility index (Phi) is 10.2. The van der Waals surface area contributed by atoms with E-state index in [1.165, 1.54) is 17.7 Å². The molecule has 1 aliphatic carbocycles. The van der Waals surface area contributed by atoms with Crippen LogP contribution in [0.2, 0.25) is 0 Å². The Morgan fingerprint density at radius 3 is 2.52 bits per heavy atom. The van der Waals surface area contributed by atoms with Gasteiger partial charge in [0.2, 0.25) is 5.91 Å². The third-order valence-corrected chi connectivity index (χ3v) is 9.81. The maximum Gasteiger partial charge on any atom is 0.417 e. The first-order valence-electron chi connectivity index (χ1n) is 14.0. The Bertz CT molecular complexity index is 1210. The second-order valence-electron chi connectivity index (χ2n) is 11.7. The van der Waals surface area contributed by atoms with Gasteiger partial charge in [0, 0.05) is 28.8 Å². The zero-order valence-electron chi connectivity index (χ0n) is 22.8. The van der Waals surface area contributed by atoms with Gasteiger partial charge in [-0.25, -0.2) is 0 Å². The highest BCUT2D eigenvalue weighted by atomic mass is 127.